The fourth-order valence-corrected chi connectivity index (χ4v) is 3.23. The molecule has 1 N–H and O–H groups in total. The summed E-state index contributed by atoms with van der Waals surface area (Å²) in [5.41, 5.74) is 4.21. The molecular weight excluding hydrogens is 328 g/mol. The maximum Gasteiger partial charge on any atom is 0.336 e. The molecule has 0 bridgehead atoms. The molecule has 0 saturated carbocycles. The molecule has 1 atom stereocenters. The molecule has 6 nitrogen and oxygen atoms in total. The van der Waals surface area contributed by atoms with Crippen LogP contribution in [0.3, 0.4) is 0 Å². The van der Waals surface area contributed by atoms with Crippen molar-refractivity contribution in [1.29, 1.82) is 5.26 Å². The second kappa shape index (κ2) is 7.28. The first kappa shape index (κ1) is 17.5. The van der Waals surface area contributed by atoms with E-state index in [4.69, 9.17) is 4.74 Å². The topological polar surface area (TPSA) is 79.9 Å². The summed E-state index contributed by atoms with van der Waals surface area (Å²) in [5, 5.41) is 12.9. The van der Waals surface area contributed by atoms with Crippen molar-refractivity contribution in [2.45, 2.75) is 26.7 Å². The molecule has 132 valence electrons. The lowest BCUT2D eigenvalue weighted by molar-refractivity contribution is -0.138. The van der Waals surface area contributed by atoms with E-state index in [0.29, 0.717) is 16.8 Å². The van der Waals surface area contributed by atoms with E-state index in [1.807, 2.05) is 48.9 Å². The van der Waals surface area contributed by atoms with Crippen LogP contribution in [-0.2, 0) is 9.53 Å². The predicted octanol–water partition coefficient (Wildman–Crippen LogP) is 3.19. The summed E-state index contributed by atoms with van der Waals surface area (Å²) in [4.78, 5) is 16.7. The first-order chi connectivity index (χ1) is 12.6. The second-order valence-corrected chi connectivity index (χ2v) is 6.03. The van der Waals surface area contributed by atoms with Gasteiger partial charge in [-0.3, -0.25) is 0 Å². The van der Waals surface area contributed by atoms with E-state index >= 15 is 0 Å². The third-order valence-corrected chi connectivity index (χ3v) is 4.38. The van der Waals surface area contributed by atoms with Crippen LogP contribution in [0.4, 0.5) is 0 Å². The summed E-state index contributed by atoms with van der Waals surface area (Å²) < 4.78 is 7.13. The maximum atomic E-state index is 12.6. The molecule has 1 aliphatic heterocycles. The van der Waals surface area contributed by atoms with Crippen molar-refractivity contribution in [3.63, 3.8) is 0 Å². The number of allylic oxidation sites excluding steroid dienone is 3. The van der Waals surface area contributed by atoms with Gasteiger partial charge in [-0.15, -0.1) is 0 Å². The van der Waals surface area contributed by atoms with Crippen LogP contribution < -0.4 is 5.32 Å². The van der Waals surface area contributed by atoms with Gasteiger partial charge in [0.25, 0.3) is 0 Å². The van der Waals surface area contributed by atoms with E-state index in [1.165, 1.54) is 0 Å². The molecule has 1 unspecified atom stereocenters. The van der Waals surface area contributed by atoms with Crippen molar-refractivity contribution in [3.8, 4) is 11.8 Å². The number of aromatic nitrogens is 2. The highest BCUT2D eigenvalue weighted by atomic mass is 16.5. The van der Waals surface area contributed by atoms with Crippen molar-refractivity contribution in [1.82, 2.24) is 14.9 Å². The van der Waals surface area contributed by atoms with Gasteiger partial charge in [0, 0.05) is 29.5 Å². The van der Waals surface area contributed by atoms with E-state index in [9.17, 15) is 10.1 Å². The Hall–Kier alpha value is -3.33. The molecule has 1 aliphatic rings. The van der Waals surface area contributed by atoms with Crippen molar-refractivity contribution < 1.29 is 9.53 Å². The Morgan fingerprint density at radius 2 is 2.19 bits per heavy atom. The number of hydrogen-bond donors (Lipinski definition) is 1. The van der Waals surface area contributed by atoms with Crippen LogP contribution in [-0.4, -0.2) is 22.1 Å². The molecule has 26 heavy (non-hydrogen) atoms. The highest BCUT2D eigenvalue weighted by Crippen LogP contribution is 2.38. The molecule has 0 saturated heterocycles. The normalized spacial score (nSPS) is 16.9. The molecule has 0 radical (unpaired) electrons. The number of hydrogen-bond acceptors (Lipinski definition) is 5. The quantitative estimate of drug-likeness (QED) is 0.858. The summed E-state index contributed by atoms with van der Waals surface area (Å²) in [6.07, 6.45) is 5.26. The minimum atomic E-state index is -0.469. The van der Waals surface area contributed by atoms with Gasteiger partial charge in [0.1, 0.15) is 0 Å². The lowest BCUT2D eigenvalue weighted by Gasteiger charge is -2.28. The number of carbonyl (C=O) groups excluding carboxylic acids is 1. The van der Waals surface area contributed by atoms with Gasteiger partial charge < -0.3 is 14.6 Å². The van der Waals surface area contributed by atoms with Gasteiger partial charge in [0.15, 0.2) is 0 Å². The van der Waals surface area contributed by atoms with Gasteiger partial charge in [-0.1, -0.05) is 12.1 Å². The zero-order chi connectivity index (χ0) is 18.7. The Morgan fingerprint density at radius 1 is 1.38 bits per heavy atom. The zero-order valence-corrected chi connectivity index (χ0v) is 15.0. The van der Waals surface area contributed by atoms with E-state index in [2.05, 4.69) is 16.4 Å². The number of carbonyl (C=O) groups is 1. The number of nitriles is 1. The van der Waals surface area contributed by atoms with Crippen LogP contribution in [0.2, 0.25) is 0 Å². The van der Waals surface area contributed by atoms with Gasteiger partial charge >= 0.3 is 5.97 Å². The van der Waals surface area contributed by atoms with Gasteiger partial charge in [-0.25, -0.2) is 9.78 Å². The number of imidazole rings is 1. The molecule has 0 aliphatic carbocycles. The smallest absolute Gasteiger partial charge is 0.336 e. The fourth-order valence-electron chi connectivity index (χ4n) is 3.23. The average molecular weight is 348 g/mol. The molecule has 0 spiro atoms. The van der Waals surface area contributed by atoms with Crippen LogP contribution in [0, 0.1) is 11.3 Å². The maximum absolute atomic E-state index is 12.6. The molecule has 1 aromatic carbocycles. The van der Waals surface area contributed by atoms with E-state index in [0.717, 1.165) is 16.9 Å². The first-order valence-electron chi connectivity index (χ1n) is 8.40. The Balaban J connectivity index is 2.14. The molecule has 6 heteroatoms. The van der Waals surface area contributed by atoms with Crippen LogP contribution in [0.15, 0.2) is 65.5 Å². The minimum Gasteiger partial charge on any atom is -0.463 e. The van der Waals surface area contributed by atoms with Crippen molar-refractivity contribution in [2.75, 3.05) is 6.61 Å². The molecular formula is C20H20N4O2. The third kappa shape index (κ3) is 3.11. The Labute approximate surface area is 152 Å². The lowest BCUT2D eigenvalue weighted by atomic mass is 9.81. The zero-order valence-electron chi connectivity index (χ0n) is 15.0. The average Bonchev–Trinajstić information content (AvgIpc) is 3.16. The van der Waals surface area contributed by atoms with Crippen molar-refractivity contribution in [2.24, 2.45) is 0 Å². The van der Waals surface area contributed by atoms with Crippen LogP contribution >= 0.6 is 0 Å². The van der Waals surface area contributed by atoms with E-state index < -0.39 is 11.9 Å². The molecule has 3 rings (SSSR count). The fraction of sp³-hybridized carbons (Fsp3) is 0.250. The molecule has 2 aromatic rings. The number of ether oxygens (including phenoxy) is 1. The molecule has 2 heterocycles. The lowest BCUT2D eigenvalue weighted by Crippen LogP contribution is -2.28. The Morgan fingerprint density at radius 3 is 2.85 bits per heavy atom. The van der Waals surface area contributed by atoms with Crippen LogP contribution in [0.1, 0.15) is 32.3 Å². The molecule has 0 fully saturated rings. The second-order valence-electron chi connectivity index (χ2n) is 6.03. The molecule has 1 aromatic heterocycles. The summed E-state index contributed by atoms with van der Waals surface area (Å²) in [7, 11) is 0. The number of rotatable bonds is 4. The van der Waals surface area contributed by atoms with Crippen molar-refractivity contribution in [3.05, 3.63) is 71.1 Å². The minimum absolute atomic E-state index is 0.280. The van der Waals surface area contributed by atoms with Crippen molar-refractivity contribution >= 4 is 5.97 Å². The predicted molar refractivity (Wildman–Crippen MR) is 97.1 cm³/mol. The number of nitrogens with zero attached hydrogens (tertiary/aromatic N) is 3. The summed E-state index contributed by atoms with van der Waals surface area (Å²) >= 11 is 0. The summed E-state index contributed by atoms with van der Waals surface area (Å²) in [5.74, 6) is -0.875. The van der Waals surface area contributed by atoms with Gasteiger partial charge in [0.05, 0.1) is 36.1 Å². The number of esters is 1. The van der Waals surface area contributed by atoms with Crippen LogP contribution in [0.5, 0.6) is 0 Å². The van der Waals surface area contributed by atoms with Crippen LogP contribution in [0.25, 0.3) is 5.69 Å². The largest absolute Gasteiger partial charge is 0.463 e. The SMILES string of the molecule is CCOC(=O)C1=C(C)NC(C)=C(C#N)C1c1cccc(-n2ccnc2)c1. The third-order valence-electron chi connectivity index (χ3n) is 4.38. The van der Waals surface area contributed by atoms with Gasteiger partial charge in [-0.05, 0) is 38.5 Å². The van der Waals surface area contributed by atoms with Gasteiger partial charge in [-0.2, -0.15) is 5.26 Å². The summed E-state index contributed by atoms with van der Waals surface area (Å²) in [6.45, 7) is 5.72. The number of dihydropyridines is 1. The molecule has 0 amide bonds. The highest BCUT2D eigenvalue weighted by molar-refractivity contribution is 5.93. The standard InChI is InChI=1S/C20H20N4O2/c1-4-26-20(25)18-14(3)23-13(2)17(11-21)19(18)15-6-5-7-16(10-15)24-9-8-22-12-24/h5-10,12,19,23H,4H2,1-3H3. The Kier molecular flexibility index (Phi) is 4.90. The monoisotopic (exact) mass is 348 g/mol. The first-order valence-corrected chi connectivity index (χ1v) is 8.40. The number of benzene rings is 1. The van der Waals surface area contributed by atoms with E-state index in [-0.39, 0.29) is 6.61 Å². The van der Waals surface area contributed by atoms with E-state index in [1.54, 1.807) is 19.4 Å². The van der Waals surface area contributed by atoms with Gasteiger partial charge in [0.2, 0.25) is 0 Å². The highest BCUT2D eigenvalue weighted by Gasteiger charge is 2.34. The Bertz CT molecular complexity index is 933. The number of nitrogens with one attached hydrogen (secondary N) is 1. The summed E-state index contributed by atoms with van der Waals surface area (Å²) in [6, 6.07) is 10.0.